The summed E-state index contributed by atoms with van der Waals surface area (Å²) < 4.78 is 1.84. The van der Waals surface area contributed by atoms with Gasteiger partial charge in [-0.2, -0.15) is 5.26 Å². The van der Waals surface area contributed by atoms with Gasteiger partial charge in [-0.05, 0) is 55.4 Å². The fourth-order valence-corrected chi connectivity index (χ4v) is 6.93. The zero-order chi connectivity index (χ0) is 28.1. The summed E-state index contributed by atoms with van der Waals surface area (Å²) >= 11 is 15.0. The molecule has 8 nitrogen and oxygen atoms in total. The molecule has 12 heteroatoms. The molecule has 0 radical (unpaired) electrons. The number of thiophene rings is 1. The summed E-state index contributed by atoms with van der Waals surface area (Å²) in [6.07, 6.45) is 5.71. The minimum absolute atomic E-state index is 0.0248. The number of carbonyl (C=O) groups excluding carboxylic acids is 2. The molecule has 2 heterocycles. The molecule has 2 amide bonds. The van der Waals surface area contributed by atoms with Crippen LogP contribution in [0.3, 0.4) is 0 Å². The fraction of sp³-hybridized carbons (Fsp3) is 0.370. The molecule has 3 aromatic rings. The van der Waals surface area contributed by atoms with E-state index in [2.05, 4.69) is 33.5 Å². The third-order valence-corrected chi connectivity index (χ3v) is 9.05. The topological polar surface area (TPSA) is 113 Å². The monoisotopic (exact) mass is 602 g/mol. The number of hydrogen-bond acceptors (Lipinski definition) is 7. The van der Waals surface area contributed by atoms with Crippen molar-refractivity contribution in [3.8, 4) is 6.07 Å². The van der Waals surface area contributed by atoms with Crippen molar-refractivity contribution in [2.45, 2.75) is 57.3 Å². The van der Waals surface area contributed by atoms with E-state index in [1.165, 1.54) is 34.0 Å². The SMILES string of the molecule is C=CCn1c(SCC(=O)Nc2sc3c(c2C#N)CCCC3)nnc1[C@@H](NC(=O)c1ccc(Cl)cc1Cl)C(C)C. The zero-order valence-corrected chi connectivity index (χ0v) is 24.7. The van der Waals surface area contributed by atoms with E-state index < -0.39 is 6.04 Å². The van der Waals surface area contributed by atoms with Crippen molar-refractivity contribution in [3.05, 3.63) is 68.3 Å². The number of nitriles is 1. The van der Waals surface area contributed by atoms with E-state index in [1.807, 2.05) is 18.4 Å². The highest BCUT2D eigenvalue weighted by Crippen LogP contribution is 2.37. The van der Waals surface area contributed by atoms with Crippen LogP contribution in [-0.2, 0) is 24.2 Å². The number of hydrogen-bond donors (Lipinski definition) is 2. The Balaban J connectivity index is 1.49. The molecule has 1 aromatic carbocycles. The van der Waals surface area contributed by atoms with E-state index in [9.17, 15) is 14.9 Å². The highest BCUT2D eigenvalue weighted by atomic mass is 35.5. The van der Waals surface area contributed by atoms with E-state index in [0.29, 0.717) is 38.7 Å². The highest BCUT2D eigenvalue weighted by Gasteiger charge is 2.27. The molecule has 0 aliphatic heterocycles. The largest absolute Gasteiger partial charge is 0.342 e. The third-order valence-electron chi connectivity index (χ3n) is 6.33. The minimum atomic E-state index is -0.476. The molecule has 39 heavy (non-hydrogen) atoms. The number of anilines is 1. The van der Waals surface area contributed by atoms with Gasteiger partial charge in [-0.15, -0.1) is 28.1 Å². The number of fused-ring (bicyclic) bond motifs is 1. The van der Waals surface area contributed by atoms with Gasteiger partial charge in [0.05, 0.1) is 27.9 Å². The van der Waals surface area contributed by atoms with Crippen molar-refractivity contribution in [1.29, 1.82) is 5.26 Å². The average Bonchev–Trinajstić information content (AvgIpc) is 3.46. The number of thioether (sulfide) groups is 1. The molecule has 0 bridgehead atoms. The van der Waals surface area contributed by atoms with Gasteiger partial charge < -0.3 is 15.2 Å². The number of benzene rings is 1. The molecule has 0 saturated heterocycles. The van der Waals surface area contributed by atoms with Crippen LogP contribution in [0, 0.1) is 17.2 Å². The first-order chi connectivity index (χ1) is 18.7. The molecule has 0 unspecified atom stereocenters. The Hall–Kier alpha value is -2.84. The van der Waals surface area contributed by atoms with Crippen LogP contribution in [0.25, 0.3) is 0 Å². The summed E-state index contributed by atoms with van der Waals surface area (Å²) in [6.45, 7) is 8.17. The van der Waals surface area contributed by atoms with Crippen molar-refractivity contribution >= 4 is 63.1 Å². The van der Waals surface area contributed by atoms with Crippen molar-refractivity contribution in [3.63, 3.8) is 0 Å². The van der Waals surface area contributed by atoms with Gasteiger partial charge in [-0.1, -0.05) is 54.9 Å². The van der Waals surface area contributed by atoms with Gasteiger partial charge in [0.1, 0.15) is 11.1 Å². The van der Waals surface area contributed by atoms with Crippen molar-refractivity contribution in [2.75, 3.05) is 11.1 Å². The van der Waals surface area contributed by atoms with E-state index >= 15 is 0 Å². The van der Waals surface area contributed by atoms with Crippen LogP contribution >= 0.6 is 46.3 Å². The highest BCUT2D eigenvalue weighted by molar-refractivity contribution is 7.99. The van der Waals surface area contributed by atoms with Crippen LogP contribution < -0.4 is 10.6 Å². The first-order valence-electron chi connectivity index (χ1n) is 12.5. The number of amides is 2. The fourth-order valence-electron chi connectivity index (χ4n) is 4.42. The third kappa shape index (κ3) is 6.67. The maximum atomic E-state index is 13.1. The number of nitrogens with zero attached hydrogens (tertiary/aromatic N) is 4. The predicted octanol–water partition coefficient (Wildman–Crippen LogP) is 6.44. The Morgan fingerprint density at radius 1 is 1.28 bits per heavy atom. The molecule has 4 rings (SSSR count). The van der Waals surface area contributed by atoms with E-state index in [0.717, 1.165) is 31.2 Å². The van der Waals surface area contributed by atoms with E-state index in [-0.39, 0.29) is 28.5 Å². The van der Waals surface area contributed by atoms with Crippen LogP contribution in [0.15, 0.2) is 36.0 Å². The number of aromatic nitrogens is 3. The number of halogens is 2. The van der Waals surface area contributed by atoms with Gasteiger partial charge in [-0.25, -0.2) is 0 Å². The Labute approximate surface area is 245 Å². The second-order valence-corrected chi connectivity index (χ2v) is 12.3. The van der Waals surface area contributed by atoms with Crippen LogP contribution in [0.1, 0.15) is 64.9 Å². The van der Waals surface area contributed by atoms with Gasteiger partial charge in [0.25, 0.3) is 5.91 Å². The molecule has 0 saturated carbocycles. The van der Waals surface area contributed by atoms with Crippen LogP contribution in [0.2, 0.25) is 10.0 Å². The van der Waals surface area contributed by atoms with Crippen LogP contribution in [-0.4, -0.2) is 32.3 Å². The minimum Gasteiger partial charge on any atom is -0.342 e. The van der Waals surface area contributed by atoms with Crippen molar-refractivity contribution in [2.24, 2.45) is 5.92 Å². The molecule has 2 N–H and O–H groups in total. The Bertz CT molecular complexity index is 1440. The number of carbonyl (C=O) groups is 2. The normalized spacial score (nSPS) is 13.4. The predicted molar refractivity (Wildman–Crippen MR) is 157 cm³/mol. The molecule has 204 valence electrons. The molecular formula is C27H28Cl2N6O2S2. The molecule has 1 aliphatic carbocycles. The maximum absolute atomic E-state index is 13.1. The first-order valence-corrected chi connectivity index (χ1v) is 15.1. The number of rotatable bonds is 10. The van der Waals surface area contributed by atoms with Gasteiger partial charge in [0.2, 0.25) is 5.91 Å². The molecule has 1 atom stereocenters. The van der Waals surface area contributed by atoms with Crippen LogP contribution in [0.4, 0.5) is 5.00 Å². The lowest BCUT2D eigenvalue weighted by molar-refractivity contribution is -0.113. The summed E-state index contributed by atoms with van der Waals surface area (Å²) in [4.78, 5) is 27.1. The molecule has 0 spiro atoms. The summed E-state index contributed by atoms with van der Waals surface area (Å²) in [7, 11) is 0. The quantitative estimate of drug-likeness (QED) is 0.204. The molecule has 1 aliphatic rings. The maximum Gasteiger partial charge on any atom is 0.253 e. The summed E-state index contributed by atoms with van der Waals surface area (Å²) in [5, 5.41) is 26.1. The summed E-state index contributed by atoms with van der Waals surface area (Å²) in [5.41, 5.74) is 1.97. The number of aryl methyl sites for hydroxylation is 1. The first kappa shape index (κ1) is 29.2. The lowest BCUT2D eigenvalue weighted by Crippen LogP contribution is -2.34. The second-order valence-electron chi connectivity index (χ2n) is 9.42. The lowest BCUT2D eigenvalue weighted by atomic mass is 9.96. The van der Waals surface area contributed by atoms with Crippen LogP contribution in [0.5, 0.6) is 0 Å². The average molecular weight is 604 g/mol. The van der Waals surface area contributed by atoms with Crippen molar-refractivity contribution in [1.82, 2.24) is 20.1 Å². The van der Waals surface area contributed by atoms with E-state index in [1.54, 1.807) is 18.2 Å². The molecule has 0 fully saturated rings. The molecule has 2 aromatic heterocycles. The smallest absolute Gasteiger partial charge is 0.253 e. The Morgan fingerprint density at radius 3 is 2.74 bits per heavy atom. The van der Waals surface area contributed by atoms with Gasteiger partial charge in [0.15, 0.2) is 11.0 Å². The Kier molecular flexibility index (Phi) is 9.72. The summed E-state index contributed by atoms with van der Waals surface area (Å²) in [6, 6.07) is 6.50. The van der Waals surface area contributed by atoms with Gasteiger partial charge >= 0.3 is 0 Å². The summed E-state index contributed by atoms with van der Waals surface area (Å²) in [5.74, 6) is 0.0222. The zero-order valence-electron chi connectivity index (χ0n) is 21.6. The molecular weight excluding hydrogens is 575 g/mol. The van der Waals surface area contributed by atoms with Crippen molar-refractivity contribution < 1.29 is 9.59 Å². The second kappa shape index (κ2) is 13.0. The number of allylic oxidation sites excluding steroid dienone is 1. The Morgan fingerprint density at radius 2 is 2.05 bits per heavy atom. The van der Waals surface area contributed by atoms with Gasteiger partial charge in [-0.3, -0.25) is 9.59 Å². The van der Waals surface area contributed by atoms with Gasteiger partial charge in [0, 0.05) is 16.4 Å². The lowest BCUT2D eigenvalue weighted by Gasteiger charge is -2.23. The number of nitrogens with one attached hydrogen (secondary N) is 2. The van der Waals surface area contributed by atoms with E-state index in [4.69, 9.17) is 23.2 Å². The standard InChI is InChI=1S/C27H28Cl2N6O2S2/c1-4-11-35-24(23(15(2)3)32-25(37)18-10-9-16(28)12-20(18)29)33-34-27(35)38-14-22(36)31-26-19(13-30)17-7-5-6-8-21(17)39-26/h4,9-10,12,15,23H,1,5-8,11,14H2,2-3H3,(H,31,36)(H,32,37)/t23-/m0/s1.